The first-order valence-corrected chi connectivity index (χ1v) is 9.64. The van der Waals surface area contributed by atoms with Crippen molar-refractivity contribution in [2.45, 2.75) is 32.6 Å². The molecule has 7 heteroatoms. The van der Waals surface area contributed by atoms with Crippen molar-refractivity contribution in [1.82, 2.24) is 9.88 Å². The summed E-state index contributed by atoms with van der Waals surface area (Å²) in [4.78, 5) is 30.3. The van der Waals surface area contributed by atoms with Gasteiger partial charge in [0.25, 0.3) is 0 Å². The largest absolute Gasteiger partial charge is 0.497 e. The molecule has 3 rings (SSSR count). The van der Waals surface area contributed by atoms with Crippen LogP contribution in [-0.4, -0.2) is 48.6 Å². The predicted molar refractivity (Wildman–Crippen MR) is 103 cm³/mol. The summed E-state index contributed by atoms with van der Waals surface area (Å²) in [6.45, 7) is 3.37. The molecule has 0 radical (unpaired) electrons. The normalized spacial score (nSPS) is 14.7. The second-order valence-electron chi connectivity index (χ2n) is 6.76. The zero-order valence-electron chi connectivity index (χ0n) is 16.3. The number of esters is 1. The first-order valence-electron chi connectivity index (χ1n) is 9.64. The monoisotopic (exact) mass is 386 g/mol. The van der Waals surface area contributed by atoms with Gasteiger partial charge in [0.2, 0.25) is 5.91 Å². The molecule has 1 aliphatic heterocycles. The summed E-state index contributed by atoms with van der Waals surface area (Å²) < 4.78 is 16.1. The van der Waals surface area contributed by atoms with Crippen LogP contribution in [0.15, 0.2) is 34.9 Å². The fourth-order valence-electron chi connectivity index (χ4n) is 3.33. The number of aryl methyl sites for hydroxylation is 1. The third kappa shape index (κ3) is 4.91. The van der Waals surface area contributed by atoms with Crippen LogP contribution in [0, 0.1) is 5.92 Å². The second-order valence-corrected chi connectivity index (χ2v) is 6.76. The van der Waals surface area contributed by atoms with E-state index in [1.165, 1.54) is 0 Å². The Balaban J connectivity index is 1.49. The minimum absolute atomic E-state index is 0.0587. The van der Waals surface area contributed by atoms with Crippen LogP contribution in [-0.2, 0) is 20.7 Å². The van der Waals surface area contributed by atoms with Gasteiger partial charge in [-0.25, -0.2) is 4.98 Å². The van der Waals surface area contributed by atoms with Gasteiger partial charge in [-0.1, -0.05) is 12.1 Å². The number of likely N-dealkylation sites (tertiary alicyclic amines) is 1. The molecule has 2 aromatic rings. The number of carbonyl (C=O) groups is 2. The Morgan fingerprint density at radius 2 is 2.07 bits per heavy atom. The Morgan fingerprint density at radius 3 is 2.79 bits per heavy atom. The Labute approximate surface area is 164 Å². The van der Waals surface area contributed by atoms with Gasteiger partial charge >= 0.3 is 5.97 Å². The van der Waals surface area contributed by atoms with E-state index in [1.54, 1.807) is 20.2 Å². The molecule has 1 aromatic heterocycles. The van der Waals surface area contributed by atoms with Crippen molar-refractivity contribution in [2.75, 3.05) is 26.8 Å². The topological polar surface area (TPSA) is 81.9 Å². The number of amides is 1. The van der Waals surface area contributed by atoms with Crippen LogP contribution in [0.1, 0.15) is 32.1 Å². The minimum atomic E-state index is -0.153. The Bertz CT molecular complexity index is 809. The van der Waals surface area contributed by atoms with Crippen LogP contribution in [0.4, 0.5) is 0 Å². The second kappa shape index (κ2) is 9.39. The van der Waals surface area contributed by atoms with Crippen molar-refractivity contribution in [3.8, 4) is 17.1 Å². The van der Waals surface area contributed by atoms with Crippen molar-refractivity contribution in [3.63, 3.8) is 0 Å². The van der Waals surface area contributed by atoms with E-state index in [4.69, 9.17) is 13.9 Å². The van der Waals surface area contributed by atoms with E-state index in [0.717, 1.165) is 11.3 Å². The van der Waals surface area contributed by atoms with Gasteiger partial charge in [0.05, 0.1) is 25.8 Å². The molecule has 1 fully saturated rings. The number of hydrogen-bond donors (Lipinski definition) is 0. The lowest BCUT2D eigenvalue weighted by molar-refractivity contribution is -0.151. The van der Waals surface area contributed by atoms with Gasteiger partial charge in [0.15, 0.2) is 11.7 Å². The maximum atomic E-state index is 12.5. The number of ether oxygens (including phenoxy) is 2. The molecule has 0 unspecified atom stereocenters. The summed E-state index contributed by atoms with van der Waals surface area (Å²) >= 11 is 0. The summed E-state index contributed by atoms with van der Waals surface area (Å²) in [5.41, 5.74) is 0.880. The molecule has 2 heterocycles. The van der Waals surface area contributed by atoms with Crippen molar-refractivity contribution in [2.24, 2.45) is 5.92 Å². The van der Waals surface area contributed by atoms with E-state index in [-0.39, 0.29) is 17.8 Å². The molecule has 0 N–H and O–H groups in total. The molecule has 28 heavy (non-hydrogen) atoms. The average Bonchev–Trinajstić information content (AvgIpc) is 3.21. The van der Waals surface area contributed by atoms with Gasteiger partial charge in [0.1, 0.15) is 5.75 Å². The highest BCUT2D eigenvalue weighted by molar-refractivity contribution is 5.77. The first-order chi connectivity index (χ1) is 13.6. The highest BCUT2D eigenvalue weighted by atomic mass is 16.5. The molecule has 1 aliphatic rings. The maximum absolute atomic E-state index is 12.5. The molecule has 1 aromatic carbocycles. The van der Waals surface area contributed by atoms with Crippen LogP contribution in [0.3, 0.4) is 0 Å². The lowest BCUT2D eigenvalue weighted by atomic mass is 9.97. The van der Waals surface area contributed by atoms with E-state index >= 15 is 0 Å². The van der Waals surface area contributed by atoms with Crippen LogP contribution < -0.4 is 4.74 Å². The van der Waals surface area contributed by atoms with Crippen molar-refractivity contribution >= 4 is 11.9 Å². The molecule has 0 spiro atoms. The third-order valence-corrected chi connectivity index (χ3v) is 4.93. The third-order valence-electron chi connectivity index (χ3n) is 4.93. The summed E-state index contributed by atoms with van der Waals surface area (Å²) in [6, 6.07) is 7.55. The molecular formula is C21H26N2O5. The molecule has 150 valence electrons. The van der Waals surface area contributed by atoms with E-state index in [2.05, 4.69) is 4.98 Å². The van der Waals surface area contributed by atoms with Gasteiger partial charge in [-0.15, -0.1) is 0 Å². The van der Waals surface area contributed by atoms with E-state index in [9.17, 15) is 9.59 Å². The highest BCUT2D eigenvalue weighted by Crippen LogP contribution is 2.25. The summed E-state index contributed by atoms with van der Waals surface area (Å²) in [5, 5.41) is 0. The average molecular weight is 386 g/mol. The quantitative estimate of drug-likeness (QED) is 0.680. The van der Waals surface area contributed by atoms with Gasteiger partial charge in [0, 0.05) is 31.5 Å². The Hall–Kier alpha value is -2.83. The molecule has 0 bridgehead atoms. The minimum Gasteiger partial charge on any atom is -0.497 e. The van der Waals surface area contributed by atoms with E-state index < -0.39 is 0 Å². The molecule has 1 saturated heterocycles. The molecular weight excluding hydrogens is 360 g/mol. The Kier molecular flexibility index (Phi) is 6.68. The lowest BCUT2D eigenvalue weighted by Crippen LogP contribution is -2.40. The molecule has 0 atom stereocenters. The fourth-order valence-corrected chi connectivity index (χ4v) is 3.33. The number of methoxy groups -OCH3 is 1. The molecule has 0 saturated carbocycles. The zero-order valence-corrected chi connectivity index (χ0v) is 16.3. The van der Waals surface area contributed by atoms with Crippen LogP contribution >= 0.6 is 0 Å². The smallest absolute Gasteiger partial charge is 0.309 e. The van der Waals surface area contributed by atoms with Gasteiger partial charge in [-0.05, 0) is 31.9 Å². The Morgan fingerprint density at radius 1 is 1.29 bits per heavy atom. The molecule has 7 nitrogen and oxygen atoms in total. The number of piperidine rings is 1. The molecule has 1 amide bonds. The summed E-state index contributed by atoms with van der Waals surface area (Å²) in [6.07, 6.45) is 3.76. The van der Waals surface area contributed by atoms with Crippen LogP contribution in [0.5, 0.6) is 5.75 Å². The molecule has 0 aliphatic carbocycles. The van der Waals surface area contributed by atoms with Crippen molar-refractivity contribution < 1.29 is 23.5 Å². The number of oxazole rings is 1. The number of rotatable bonds is 7. The maximum Gasteiger partial charge on any atom is 0.309 e. The van der Waals surface area contributed by atoms with E-state index in [0.29, 0.717) is 57.0 Å². The summed E-state index contributed by atoms with van der Waals surface area (Å²) in [7, 11) is 1.62. The van der Waals surface area contributed by atoms with Crippen LogP contribution in [0.25, 0.3) is 11.3 Å². The number of carbonyl (C=O) groups excluding carboxylic acids is 2. The van der Waals surface area contributed by atoms with Crippen LogP contribution in [0.2, 0.25) is 0 Å². The lowest BCUT2D eigenvalue weighted by Gasteiger charge is -2.30. The van der Waals surface area contributed by atoms with Gasteiger partial charge < -0.3 is 18.8 Å². The number of hydrogen-bond acceptors (Lipinski definition) is 6. The first kappa shape index (κ1) is 19.9. The van der Waals surface area contributed by atoms with Crippen molar-refractivity contribution in [1.29, 1.82) is 0 Å². The number of aromatic nitrogens is 1. The highest BCUT2D eigenvalue weighted by Gasteiger charge is 2.28. The van der Waals surface area contributed by atoms with E-state index in [1.807, 2.05) is 29.2 Å². The predicted octanol–water partition coefficient (Wildman–Crippen LogP) is 3.08. The standard InChI is InChI=1S/C21H26N2O5/c1-3-27-21(25)15-9-11-23(12-10-15)20(24)8-7-19-22-14-18(28-19)16-5-4-6-17(13-16)26-2/h4-6,13-15H,3,7-12H2,1-2H3. The van der Waals surface area contributed by atoms with Crippen molar-refractivity contribution in [3.05, 3.63) is 36.4 Å². The van der Waals surface area contributed by atoms with Gasteiger partial charge in [-0.3, -0.25) is 9.59 Å². The number of nitrogens with zero attached hydrogens (tertiary/aromatic N) is 2. The number of benzene rings is 1. The summed E-state index contributed by atoms with van der Waals surface area (Å²) in [5.74, 6) is 1.74. The zero-order chi connectivity index (χ0) is 19.9. The van der Waals surface area contributed by atoms with Gasteiger partial charge in [-0.2, -0.15) is 0 Å². The fraction of sp³-hybridized carbons (Fsp3) is 0.476. The SMILES string of the molecule is CCOC(=O)C1CCN(C(=O)CCc2ncc(-c3cccc(OC)c3)o2)CC1.